The van der Waals surface area contributed by atoms with Crippen LogP contribution in [0, 0.1) is 11.6 Å². The maximum absolute atomic E-state index is 13.6. The van der Waals surface area contributed by atoms with Gasteiger partial charge in [-0.15, -0.1) is 0 Å². The van der Waals surface area contributed by atoms with Crippen molar-refractivity contribution in [3.8, 4) is 0 Å². The van der Waals surface area contributed by atoms with Crippen LogP contribution in [0.3, 0.4) is 0 Å². The highest BCUT2D eigenvalue weighted by atomic mass is 19.2. The third-order valence-electron chi connectivity index (χ3n) is 4.72. The number of nitrogens with zero attached hydrogens (tertiary/aromatic N) is 2. The summed E-state index contributed by atoms with van der Waals surface area (Å²) in [6.45, 7) is 1.41. The van der Waals surface area contributed by atoms with Gasteiger partial charge in [0.05, 0.1) is 5.69 Å². The summed E-state index contributed by atoms with van der Waals surface area (Å²) >= 11 is 0. The van der Waals surface area contributed by atoms with Crippen molar-refractivity contribution in [3.05, 3.63) is 65.7 Å². The van der Waals surface area contributed by atoms with Gasteiger partial charge in [0.25, 0.3) is 5.91 Å². The maximum atomic E-state index is 13.6. The first-order valence-electron chi connectivity index (χ1n) is 9.21. The van der Waals surface area contributed by atoms with E-state index in [2.05, 4.69) is 15.7 Å². The molecule has 2 N–H and O–H groups in total. The second kappa shape index (κ2) is 8.81. The molecule has 1 aliphatic heterocycles. The minimum atomic E-state index is -1.26. The zero-order valence-corrected chi connectivity index (χ0v) is 16.4. The summed E-state index contributed by atoms with van der Waals surface area (Å²) in [6.07, 6.45) is 0.0499. The van der Waals surface area contributed by atoms with Crippen molar-refractivity contribution in [2.75, 3.05) is 12.1 Å². The third-order valence-corrected chi connectivity index (χ3v) is 4.72. The summed E-state index contributed by atoms with van der Waals surface area (Å²) in [5, 5.41) is 10.6. The molecule has 2 unspecified atom stereocenters. The molecule has 0 aliphatic carbocycles. The first-order chi connectivity index (χ1) is 14.3. The van der Waals surface area contributed by atoms with Gasteiger partial charge in [-0.05, 0) is 36.8 Å². The monoisotopic (exact) mass is 414 g/mol. The fourth-order valence-electron chi connectivity index (χ4n) is 3.13. The van der Waals surface area contributed by atoms with Gasteiger partial charge in [0.2, 0.25) is 5.91 Å². The third kappa shape index (κ3) is 4.35. The van der Waals surface area contributed by atoms with Crippen molar-refractivity contribution < 1.29 is 23.2 Å². The van der Waals surface area contributed by atoms with E-state index in [1.807, 2.05) is 6.07 Å². The van der Waals surface area contributed by atoms with Crippen molar-refractivity contribution in [1.29, 1.82) is 0 Å². The summed E-state index contributed by atoms with van der Waals surface area (Å²) in [5.41, 5.74) is 0.766. The number of ketones is 1. The molecule has 1 heterocycles. The van der Waals surface area contributed by atoms with Crippen LogP contribution in [0.1, 0.15) is 24.9 Å². The number of halogens is 2. The SMILES string of the molecule is CNC(=O)C(NC(=O)C1=NN(c2ccccc2)C(C(C)=O)C1)c1ccc(F)c(F)c1. The van der Waals surface area contributed by atoms with Gasteiger partial charge in [-0.25, -0.2) is 8.78 Å². The molecule has 0 saturated heterocycles. The predicted molar refractivity (Wildman–Crippen MR) is 107 cm³/mol. The van der Waals surface area contributed by atoms with E-state index in [4.69, 9.17) is 0 Å². The number of rotatable bonds is 6. The van der Waals surface area contributed by atoms with E-state index in [0.29, 0.717) is 5.69 Å². The molecule has 9 heteroatoms. The second-order valence-electron chi connectivity index (χ2n) is 6.75. The van der Waals surface area contributed by atoms with E-state index >= 15 is 0 Å². The predicted octanol–water partition coefficient (Wildman–Crippen LogP) is 2.09. The first-order valence-corrected chi connectivity index (χ1v) is 9.21. The van der Waals surface area contributed by atoms with E-state index < -0.39 is 35.5 Å². The summed E-state index contributed by atoms with van der Waals surface area (Å²) in [7, 11) is 1.36. The van der Waals surface area contributed by atoms with Gasteiger partial charge in [0, 0.05) is 13.5 Å². The van der Waals surface area contributed by atoms with Gasteiger partial charge < -0.3 is 10.6 Å². The van der Waals surface area contributed by atoms with Crippen LogP contribution in [-0.2, 0) is 14.4 Å². The fraction of sp³-hybridized carbons (Fsp3) is 0.238. The molecule has 2 aromatic rings. The average Bonchev–Trinajstić information content (AvgIpc) is 3.20. The Hall–Kier alpha value is -3.62. The van der Waals surface area contributed by atoms with Crippen LogP contribution in [0.4, 0.5) is 14.5 Å². The Morgan fingerprint density at radius 2 is 1.80 bits per heavy atom. The fourth-order valence-corrected chi connectivity index (χ4v) is 3.13. The van der Waals surface area contributed by atoms with E-state index in [1.165, 1.54) is 25.0 Å². The highest BCUT2D eigenvalue weighted by Crippen LogP contribution is 2.25. The molecule has 1 aliphatic rings. The Bertz CT molecular complexity index is 1010. The van der Waals surface area contributed by atoms with Gasteiger partial charge in [-0.3, -0.25) is 19.4 Å². The van der Waals surface area contributed by atoms with Crippen LogP contribution < -0.4 is 15.6 Å². The number of para-hydroxylation sites is 1. The van der Waals surface area contributed by atoms with Crippen LogP contribution in [0.2, 0.25) is 0 Å². The largest absolute Gasteiger partial charge is 0.357 e. The van der Waals surface area contributed by atoms with Gasteiger partial charge in [-0.1, -0.05) is 24.3 Å². The van der Waals surface area contributed by atoms with Crippen LogP contribution in [0.25, 0.3) is 0 Å². The molecule has 2 atom stereocenters. The van der Waals surface area contributed by atoms with Crippen molar-refractivity contribution in [1.82, 2.24) is 10.6 Å². The number of anilines is 1. The van der Waals surface area contributed by atoms with Crippen molar-refractivity contribution >= 4 is 29.0 Å². The molecule has 0 bridgehead atoms. The minimum Gasteiger partial charge on any atom is -0.357 e. The van der Waals surface area contributed by atoms with Crippen LogP contribution in [0.15, 0.2) is 53.6 Å². The average molecular weight is 414 g/mol. The first kappa shape index (κ1) is 21.1. The number of Topliss-reactive ketones (excluding diaryl/α,β-unsaturated/α-hetero) is 1. The summed E-state index contributed by atoms with van der Waals surface area (Å²) < 4.78 is 26.9. The zero-order valence-electron chi connectivity index (χ0n) is 16.4. The number of likely N-dealkylation sites (N-methyl/N-ethyl adjacent to an activating group) is 1. The maximum Gasteiger partial charge on any atom is 0.268 e. The smallest absolute Gasteiger partial charge is 0.268 e. The van der Waals surface area contributed by atoms with Crippen LogP contribution in [-0.4, -0.2) is 36.4 Å². The molecule has 7 nitrogen and oxygen atoms in total. The van der Waals surface area contributed by atoms with Crippen LogP contribution in [0.5, 0.6) is 0 Å². The lowest BCUT2D eigenvalue weighted by Gasteiger charge is -2.20. The molecule has 30 heavy (non-hydrogen) atoms. The number of carbonyl (C=O) groups excluding carboxylic acids is 3. The van der Waals surface area contributed by atoms with Crippen LogP contribution >= 0.6 is 0 Å². The van der Waals surface area contributed by atoms with Gasteiger partial charge >= 0.3 is 0 Å². The second-order valence-corrected chi connectivity index (χ2v) is 6.75. The van der Waals surface area contributed by atoms with Gasteiger partial charge in [-0.2, -0.15) is 5.10 Å². The lowest BCUT2D eigenvalue weighted by molar-refractivity contribution is -0.126. The van der Waals surface area contributed by atoms with Gasteiger partial charge in [0.1, 0.15) is 17.8 Å². The van der Waals surface area contributed by atoms with Gasteiger partial charge in [0.15, 0.2) is 17.4 Å². The zero-order chi connectivity index (χ0) is 21.8. The minimum absolute atomic E-state index is 0.0499. The van der Waals surface area contributed by atoms with E-state index in [0.717, 1.165) is 12.1 Å². The lowest BCUT2D eigenvalue weighted by Crippen LogP contribution is -2.42. The molecule has 2 amide bonds. The van der Waals surface area contributed by atoms with E-state index in [9.17, 15) is 23.2 Å². The topological polar surface area (TPSA) is 90.9 Å². The standard InChI is InChI=1S/C21H20F2N4O3/c1-12(28)18-11-17(26-27(18)14-6-4-3-5-7-14)20(29)25-19(21(30)24-2)13-8-9-15(22)16(23)10-13/h3-10,18-19H,11H2,1-2H3,(H,24,30)(H,25,29). The molecule has 3 rings (SSSR count). The Kier molecular flexibility index (Phi) is 6.20. The lowest BCUT2D eigenvalue weighted by atomic mass is 10.0. The molecule has 0 aromatic heterocycles. The number of hydrazone groups is 1. The highest BCUT2D eigenvalue weighted by Gasteiger charge is 2.35. The van der Waals surface area contributed by atoms with Crippen molar-refractivity contribution in [3.63, 3.8) is 0 Å². The number of nitrogens with one attached hydrogen (secondary N) is 2. The summed E-state index contributed by atoms with van der Waals surface area (Å²) in [5.74, 6) is -3.67. The summed E-state index contributed by atoms with van der Waals surface area (Å²) in [4.78, 5) is 37.2. The molecular weight excluding hydrogens is 394 g/mol. The molecule has 2 aromatic carbocycles. The Morgan fingerprint density at radius 3 is 2.40 bits per heavy atom. The number of hydrogen-bond donors (Lipinski definition) is 2. The number of hydrogen-bond acceptors (Lipinski definition) is 5. The molecule has 0 radical (unpaired) electrons. The van der Waals surface area contributed by atoms with E-state index in [1.54, 1.807) is 24.3 Å². The Balaban J connectivity index is 1.87. The molecule has 0 spiro atoms. The van der Waals surface area contributed by atoms with Crippen molar-refractivity contribution in [2.45, 2.75) is 25.4 Å². The van der Waals surface area contributed by atoms with E-state index in [-0.39, 0.29) is 23.5 Å². The van der Waals surface area contributed by atoms with Crippen molar-refractivity contribution in [2.24, 2.45) is 5.10 Å². The quantitative estimate of drug-likeness (QED) is 0.757. The molecule has 0 saturated carbocycles. The highest BCUT2D eigenvalue weighted by molar-refractivity contribution is 6.40. The number of benzene rings is 2. The Morgan fingerprint density at radius 1 is 1.10 bits per heavy atom. The number of carbonyl (C=O) groups is 3. The molecular formula is C21H20F2N4O3. The summed E-state index contributed by atoms with van der Waals surface area (Å²) in [6, 6.07) is 9.92. The molecule has 156 valence electrons. The Labute approximate surface area is 171 Å². The molecule has 0 fully saturated rings. The normalized spacial score (nSPS) is 16.6. The number of amides is 2.